The van der Waals surface area contributed by atoms with Gasteiger partial charge in [0.2, 0.25) is 15.9 Å². The van der Waals surface area contributed by atoms with E-state index in [4.69, 9.17) is 16.3 Å². The number of sulfonamides is 1. The van der Waals surface area contributed by atoms with E-state index in [0.29, 0.717) is 21.8 Å². The number of anilines is 1. The standard InChI is InChI=1S/C22H28ClN3O5S/c1-14-18(23)10-7-11-19(14)32(29,30)26-15(2)16-8-6-9-17(12-16)25-20(27)13-24-21(28)31-22(3,4)5/h6-12,15,26H,13H2,1-5H3,(H,24,28)(H,25,27)/t15-/m0/s1. The fourth-order valence-electron chi connectivity index (χ4n) is 2.80. The topological polar surface area (TPSA) is 114 Å². The van der Waals surface area contributed by atoms with Crippen molar-refractivity contribution >= 4 is 39.3 Å². The van der Waals surface area contributed by atoms with Gasteiger partial charge in [0, 0.05) is 16.8 Å². The Kier molecular flexibility index (Phi) is 8.28. The van der Waals surface area contributed by atoms with Crippen LogP contribution in [0.2, 0.25) is 5.02 Å². The summed E-state index contributed by atoms with van der Waals surface area (Å²) in [6.07, 6.45) is -0.694. The SMILES string of the molecule is Cc1c(Cl)cccc1S(=O)(=O)N[C@@H](C)c1cccc(NC(=O)CNC(=O)OC(C)(C)C)c1. The number of rotatable bonds is 7. The lowest BCUT2D eigenvalue weighted by molar-refractivity contribution is -0.115. The number of amides is 2. The van der Waals surface area contributed by atoms with E-state index in [0.717, 1.165) is 0 Å². The number of halogens is 1. The smallest absolute Gasteiger partial charge is 0.408 e. The second-order valence-electron chi connectivity index (χ2n) is 8.24. The van der Waals surface area contributed by atoms with Gasteiger partial charge in [0.05, 0.1) is 4.90 Å². The molecule has 2 amide bonds. The van der Waals surface area contributed by atoms with E-state index < -0.39 is 33.7 Å². The minimum Gasteiger partial charge on any atom is -0.444 e. The quantitative estimate of drug-likeness (QED) is 0.549. The average Bonchev–Trinajstić information content (AvgIpc) is 2.67. The molecule has 0 heterocycles. The van der Waals surface area contributed by atoms with Crippen molar-refractivity contribution in [2.24, 2.45) is 0 Å². The Morgan fingerprint density at radius 3 is 2.44 bits per heavy atom. The number of alkyl carbamates (subject to hydrolysis) is 1. The second kappa shape index (κ2) is 10.3. The Hall–Kier alpha value is -2.62. The first-order valence-electron chi connectivity index (χ1n) is 9.92. The number of carbonyl (C=O) groups excluding carboxylic acids is 2. The summed E-state index contributed by atoms with van der Waals surface area (Å²) in [5.74, 6) is -0.448. The highest BCUT2D eigenvalue weighted by Crippen LogP contribution is 2.25. The zero-order valence-electron chi connectivity index (χ0n) is 18.7. The van der Waals surface area contributed by atoms with Crippen molar-refractivity contribution < 1.29 is 22.7 Å². The van der Waals surface area contributed by atoms with E-state index in [1.54, 1.807) is 71.0 Å². The molecule has 10 heteroatoms. The van der Waals surface area contributed by atoms with E-state index in [9.17, 15) is 18.0 Å². The van der Waals surface area contributed by atoms with E-state index in [1.165, 1.54) is 6.07 Å². The van der Waals surface area contributed by atoms with Gasteiger partial charge in [-0.2, -0.15) is 0 Å². The molecule has 0 radical (unpaired) electrons. The van der Waals surface area contributed by atoms with Gasteiger partial charge in [0.1, 0.15) is 12.1 Å². The minimum absolute atomic E-state index is 0.106. The lowest BCUT2D eigenvalue weighted by Gasteiger charge is -2.19. The monoisotopic (exact) mass is 481 g/mol. The maximum atomic E-state index is 12.8. The molecule has 2 aromatic rings. The third-order valence-corrected chi connectivity index (χ3v) is 6.40. The summed E-state index contributed by atoms with van der Waals surface area (Å²) in [5.41, 5.74) is 0.907. The van der Waals surface area contributed by atoms with Gasteiger partial charge in [-0.15, -0.1) is 0 Å². The summed E-state index contributed by atoms with van der Waals surface area (Å²) < 4.78 is 33.3. The number of hydrogen-bond acceptors (Lipinski definition) is 5. The zero-order chi connectivity index (χ0) is 24.1. The molecule has 0 aromatic heterocycles. The molecule has 0 saturated heterocycles. The van der Waals surface area contributed by atoms with Crippen LogP contribution in [0, 0.1) is 6.92 Å². The van der Waals surface area contributed by atoms with Crippen LogP contribution in [-0.4, -0.2) is 32.6 Å². The van der Waals surface area contributed by atoms with Crippen LogP contribution in [0.4, 0.5) is 10.5 Å². The number of nitrogens with one attached hydrogen (secondary N) is 3. The summed E-state index contributed by atoms with van der Waals surface area (Å²) in [6.45, 7) is 8.24. The summed E-state index contributed by atoms with van der Waals surface area (Å²) in [4.78, 5) is 23.9. The van der Waals surface area contributed by atoms with Crippen molar-refractivity contribution in [2.45, 2.75) is 51.2 Å². The molecule has 0 aliphatic carbocycles. The number of benzene rings is 2. The predicted molar refractivity (Wildman–Crippen MR) is 124 cm³/mol. The first-order chi connectivity index (χ1) is 14.8. The van der Waals surface area contributed by atoms with E-state index in [1.807, 2.05) is 0 Å². The molecule has 0 spiro atoms. The van der Waals surface area contributed by atoms with Gasteiger partial charge in [0.25, 0.3) is 0 Å². The van der Waals surface area contributed by atoms with Crippen LogP contribution in [0.1, 0.15) is 44.9 Å². The van der Waals surface area contributed by atoms with Crippen molar-refractivity contribution in [3.8, 4) is 0 Å². The molecular formula is C22H28ClN3O5S. The number of hydrogen-bond donors (Lipinski definition) is 3. The van der Waals surface area contributed by atoms with Gasteiger partial charge in [-0.05, 0) is 70.0 Å². The minimum atomic E-state index is -3.81. The summed E-state index contributed by atoms with van der Waals surface area (Å²) >= 11 is 6.05. The molecule has 174 valence electrons. The lowest BCUT2D eigenvalue weighted by atomic mass is 10.1. The molecular weight excluding hydrogens is 454 g/mol. The zero-order valence-corrected chi connectivity index (χ0v) is 20.2. The van der Waals surface area contributed by atoms with Crippen LogP contribution in [0.15, 0.2) is 47.4 Å². The molecule has 3 N–H and O–H groups in total. The van der Waals surface area contributed by atoms with E-state index in [-0.39, 0.29) is 11.4 Å². The Morgan fingerprint density at radius 1 is 1.12 bits per heavy atom. The summed E-state index contributed by atoms with van der Waals surface area (Å²) in [6, 6.07) is 10.9. The van der Waals surface area contributed by atoms with Gasteiger partial charge in [-0.3, -0.25) is 4.79 Å². The van der Waals surface area contributed by atoms with Gasteiger partial charge in [-0.1, -0.05) is 29.8 Å². The molecule has 0 saturated carbocycles. The van der Waals surface area contributed by atoms with Crippen molar-refractivity contribution in [2.75, 3.05) is 11.9 Å². The molecule has 0 bridgehead atoms. The highest BCUT2D eigenvalue weighted by Gasteiger charge is 2.22. The van der Waals surface area contributed by atoms with E-state index in [2.05, 4.69) is 15.4 Å². The molecule has 1 atom stereocenters. The lowest BCUT2D eigenvalue weighted by Crippen LogP contribution is -2.37. The molecule has 0 aliphatic rings. The second-order valence-corrected chi connectivity index (χ2v) is 10.3. The molecule has 0 unspecified atom stereocenters. The molecule has 8 nitrogen and oxygen atoms in total. The van der Waals surface area contributed by atoms with Crippen molar-refractivity contribution in [1.82, 2.24) is 10.0 Å². The molecule has 0 fully saturated rings. The van der Waals surface area contributed by atoms with Gasteiger partial charge >= 0.3 is 6.09 Å². The van der Waals surface area contributed by atoms with E-state index >= 15 is 0 Å². The normalized spacial score (nSPS) is 12.7. The molecule has 0 aliphatic heterocycles. The molecule has 2 aromatic carbocycles. The van der Waals surface area contributed by atoms with Crippen molar-refractivity contribution in [1.29, 1.82) is 0 Å². The third-order valence-electron chi connectivity index (χ3n) is 4.30. The van der Waals surface area contributed by atoms with Crippen LogP contribution >= 0.6 is 11.6 Å². The van der Waals surface area contributed by atoms with Crippen molar-refractivity contribution in [3.05, 3.63) is 58.6 Å². The Bertz CT molecular complexity index is 1100. The highest BCUT2D eigenvalue weighted by atomic mass is 35.5. The Balaban J connectivity index is 2.03. The van der Waals surface area contributed by atoms with Gasteiger partial charge in [0.15, 0.2) is 0 Å². The molecule has 32 heavy (non-hydrogen) atoms. The fourth-order valence-corrected chi connectivity index (χ4v) is 4.53. The number of carbonyl (C=O) groups is 2. The van der Waals surface area contributed by atoms with Crippen molar-refractivity contribution in [3.63, 3.8) is 0 Å². The number of ether oxygens (including phenoxy) is 1. The third kappa shape index (κ3) is 7.51. The largest absolute Gasteiger partial charge is 0.444 e. The van der Waals surface area contributed by atoms with Crippen LogP contribution in [-0.2, 0) is 19.6 Å². The maximum absolute atomic E-state index is 12.8. The van der Waals surface area contributed by atoms with Gasteiger partial charge < -0.3 is 15.4 Å². The Labute approximate surface area is 193 Å². The summed E-state index contributed by atoms with van der Waals surface area (Å²) in [5, 5.41) is 5.41. The summed E-state index contributed by atoms with van der Waals surface area (Å²) in [7, 11) is -3.81. The van der Waals surface area contributed by atoms with Crippen LogP contribution < -0.4 is 15.4 Å². The fraction of sp³-hybridized carbons (Fsp3) is 0.364. The van der Waals surface area contributed by atoms with Crippen LogP contribution in [0.5, 0.6) is 0 Å². The average molecular weight is 482 g/mol. The first kappa shape index (κ1) is 25.6. The van der Waals surface area contributed by atoms with Crippen LogP contribution in [0.25, 0.3) is 0 Å². The molecule has 2 rings (SSSR count). The predicted octanol–water partition coefficient (Wildman–Crippen LogP) is 4.15. The van der Waals surface area contributed by atoms with Gasteiger partial charge in [-0.25, -0.2) is 17.9 Å². The maximum Gasteiger partial charge on any atom is 0.408 e. The first-order valence-corrected chi connectivity index (χ1v) is 11.8. The highest BCUT2D eigenvalue weighted by molar-refractivity contribution is 7.89. The van der Waals surface area contributed by atoms with Crippen LogP contribution in [0.3, 0.4) is 0 Å². The Morgan fingerprint density at radius 2 is 1.78 bits per heavy atom.